The fourth-order valence-electron chi connectivity index (χ4n) is 1.67. The highest BCUT2D eigenvalue weighted by Crippen LogP contribution is 2.20. The minimum atomic E-state index is -0.805. The van der Waals surface area contributed by atoms with Crippen molar-refractivity contribution in [3.8, 4) is 0 Å². The molecule has 118 valence electrons. The van der Waals surface area contributed by atoms with Crippen LogP contribution in [0.3, 0.4) is 0 Å². The van der Waals surface area contributed by atoms with Gasteiger partial charge in [-0.3, -0.25) is 14.4 Å². The van der Waals surface area contributed by atoms with Crippen LogP contribution in [0.15, 0.2) is 47.4 Å². The zero-order chi connectivity index (χ0) is 17.0. The van der Waals surface area contributed by atoms with E-state index in [1.54, 1.807) is 0 Å². The Hall–Kier alpha value is -3.42. The molecule has 0 aliphatic heterocycles. The second-order valence-electron chi connectivity index (χ2n) is 4.37. The minimum absolute atomic E-state index is 0.120. The summed E-state index contributed by atoms with van der Waals surface area (Å²) in [6.45, 7) is 3.26. The molecule has 8 heteroatoms. The van der Waals surface area contributed by atoms with E-state index in [0.29, 0.717) is 0 Å². The van der Waals surface area contributed by atoms with Crippen LogP contribution in [0.1, 0.15) is 21.1 Å². The van der Waals surface area contributed by atoms with E-state index in [2.05, 4.69) is 17.2 Å². The van der Waals surface area contributed by atoms with Crippen LogP contribution in [0.2, 0.25) is 0 Å². The monoisotopic (exact) mass is 317 g/mol. The first-order valence-corrected chi connectivity index (χ1v) is 6.34. The molecule has 1 aromatic heterocycles. The lowest BCUT2D eigenvalue weighted by atomic mass is 10.2. The zero-order valence-corrected chi connectivity index (χ0v) is 11.8. The van der Waals surface area contributed by atoms with E-state index >= 15 is 0 Å². The van der Waals surface area contributed by atoms with E-state index in [1.807, 2.05) is 0 Å². The smallest absolute Gasteiger partial charge is 0.291 e. The molecule has 4 N–H and O–H groups in total. The van der Waals surface area contributed by atoms with Crippen LogP contribution in [0, 0.1) is 5.82 Å². The maximum atomic E-state index is 13.6. The zero-order valence-electron chi connectivity index (χ0n) is 11.8. The quantitative estimate of drug-likeness (QED) is 0.730. The van der Waals surface area contributed by atoms with Gasteiger partial charge in [0.1, 0.15) is 5.82 Å². The molecular weight excluding hydrogens is 305 g/mol. The van der Waals surface area contributed by atoms with Gasteiger partial charge in [-0.1, -0.05) is 6.58 Å². The van der Waals surface area contributed by atoms with Crippen molar-refractivity contribution in [2.45, 2.75) is 0 Å². The van der Waals surface area contributed by atoms with Gasteiger partial charge >= 0.3 is 0 Å². The van der Waals surface area contributed by atoms with Crippen LogP contribution in [-0.2, 0) is 4.79 Å². The topological polar surface area (TPSA) is 114 Å². The van der Waals surface area contributed by atoms with E-state index in [4.69, 9.17) is 10.2 Å². The molecule has 7 nitrogen and oxygen atoms in total. The highest BCUT2D eigenvalue weighted by molar-refractivity contribution is 6.04. The molecule has 0 fully saturated rings. The van der Waals surface area contributed by atoms with Gasteiger partial charge in [0.2, 0.25) is 5.91 Å². The van der Waals surface area contributed by atoms with Gasteiger partial charge in [-0.15, -0.1) is 0 Å². The van der Waals surface area contributed by atoms with Gasteiger partial charge in [0.25, 0.3) is 11.8 Å². The van der Waals surface area contributed by atoms with Crippen molar-refractivity contribution in [3.05, 3.63) is 60.3 Å². The number of hydrogen-bond donors (Lipinski definition) is 3. The molecule has 0 aliphatic carbocycles. The molecule has 3 amide bonds. The fourth-order valence-corrected chi connectivity index (χ4v) is 1.67. The number of furan rings is 1. The molecule has 0 atom stereocenters. The van der Waals surface area contributed by atoms with E-state index in [9.17, 15) is 18.8 Å². The van der Waals surface area contributed by atoms with Crippen molar-refractivity contribution in [2.75, 3.05) is 10.6 Å². The lowest BCUT2D eigenvalue weighted by Crippen LogP contribution is -2.13. The summed E-state index contributed by atoms with van der Waals surface area (Å²) >= 11 is 0. The predicted molar refractivity (Wildman–Crippen MR) is 80.4 cm³/mol. The van der Waals surface area contributed by atoms with Gasteiger partial charge < -0.3 is 20.8 Å². The number of anilines is 2. The Morgan fingerprint density at radius 3 is 2.43 bits per heavy atom. The van der Waals surface area contributed by atoms with Crippen molar-refractivity contribution in [2.24, 2.45) is 5.73 Å². The Labute approximate surface area is 130 Å². The standard InChI is InChI=1S/C15H12FN3O4/c1-2-13(20)19-10-7-8(3-4-9(10)16)18-15(22)12-6-5-11(23-12)14(17)21/h2-7H,1H2,(H2,17,21)(H,18,22)(H,19,20). The summed E-state index contributed by atoms with van der Waals surface area (Å²) in [5.41, 5.74) is 5.12. The first-order valence-electron chi connectivity index (χ1n) is 6.34. The summed E-state index contributed by atoms with van der Waals surface area (Å²) in [7, 11) is 0. The average Bonchev–Trinajstić information content (AvgIpc) is 3.00. The van der Waals surface area contributed by atoms with Crippen molar-refractivity contribution in [1.29, 1.82) is 0 Å². The molecular formula is C15H12FN3O4. The number of benzene rings is 1. The largest absolute Gasteiger partial charge is 0.446 e. The number of nitrogens with two attached hydrogens (primary N) is 1. The molecule has 0 unspecified atom stereocenters. The Bertz CT molecular complexity index is 798. The van der Waals surface area contributed by atoms with E-state index in [1.165, 1.54) is 24.3 Å². The van der Waals surface area contributed by atoms with E-state index in [-0.39, 0.29) is 22.9 Å². The van der Waals surface area contributed by atoms with Crippen LogP contribution < -0.4 is 16.4 Å². The van der Waals surface area contributed by atoms with Crippen LogP contribution in [-0.4, -0.2) is 17.7 Å². The summed E-state index contributed by atoms with van der Waals surface area (Å²) in [4.78, 5) is 34.1. The van der Waals surface area contributed by atoms with Crippen molar-refractivity contribution in [3.63, 3.8) is 0 Å². The second kappa shape index (κ2) is 6.56. The van der Waals surface area contributed by atoms with Crippen molar-refractivity contribution in [1.82, 2.24) is 0 Å². The number of halogens is 1. The molecule has 0 spiro atoms. The normalized spacial score (nSPS) is 9.96. The van der Waals surface area contributed by atoms with Crippen LogP contribution in [0.25, 0.3) is 0 Å². The predicted octanol–water partition coefficient (Wildman–Crippen LogP) is 1.89. The molecule has 2 aromatic rings. The average molecular weight is 317 g/mol. The Kier molecular flexibility index (Phi) is 4.55. The number of carbonyl (C=O) groups is 3. The number of nitrogens with one attached hydrogen (secondary N) is 2. The SMILES string of the molecule is C=CC(=O)Nc1cc(NC(=O)c2ccc(C(N)=O)o2)ccc1F. The maximum absolute atomic E-state index is 13.6. The first kappa shape index (κ1) is 16.0. The van der Waals surface area contributed by atoms with Gasteiger partial charge in [-0.2, -0.15) is 0 Å². The minimum Gasteiger partial charge on any atom is -0.446 e. The maximum Gasteiger partial charge on any atom is 0.291 e. The molecule has 23 heavy (non-hydrogen) atoms. The Balaban J connectivity index is 2.17. The van der Waals surface area contributed by atoms with Crippen molar-refractivity contribution < 1.29 is 23.2 Å². The van der Waals surface area contributed by atoms with Crippen LogP contribution in [0.5, 0.6) is 0 Å². The number of amides is 3. The fraction of sp³-hybridized carbons (Fsp3) is 0. The van der Waals surface area contributed by atoms with Crippen LogP contribution in [0.4, 0.5) is 15.8 Å². The van der Waals surface area contributed by atoms with Gasteiger partial charge in [-0.05, 0) is 36.4 Å². The Morgan fingerprint density at radius 2 is 1.83 bits per heavy atom. The third-order valence-electron chi connectivity index (χ3n) is 2.74. The lowest BCUT2D eigenvalue weighted by molar-refractivity contribution is -0.111. The van der Waals surface area contributed by atoms with Gasteiger partial charge in [0, 0.05) is 5.69 Å². The molecule has 0 aliphatic rings. The highest BCUT2D eigenvalue weighted by Gasteiger charge is 2.15. The summed E-state index contributed by atoms with van der Waals surface area (Å²) in [5.74, 6) is -3.03. The van der Waals surface area contributed by atoms with Gasteiger partial charge in [0.15, 0.2) is 11.5 Å². The molecule has 0 saturated heterocycles. The van der Waals surface area contributed by atoms with Crippen molar-refractivity contribution >= 4 is 29.1 Å². The van der Waals surface area contributed by atoms with Gasteiger partial charge in [0.05, 0.1) is 5.69 Å². The second-order valence-corrected chi connectivity index (χ2v) is 4.37. The molecule has 0 radical (unpaired) electrons. The first-order chi connectivity index (χ1) is 10.9. The molecule has 0 bridgehead atoms. The summed E-state index contributed by atoms with van der Waals surface area (Å²) in [6.07, 6.45) is 0.985. The number of rotatable bonds is 5. The summed E-state index contributed by atoms with van der Waals surface area (Å²) in [6, 6.07) is 6.14. The molecule has 1 heterocycles. The number of carbonyl (C=O) groups excluding carboxylic acids is 3. The highest BCUT2D eigenvalue weighted by atomic mass is 19.1. The summed E-state index contributed by atoms with van der Waals surface area (Å²) < 4.78 is 18.6. The van der Waals surface area contributed by atoms with E-state index in [0.717, 1.165) is 12.1 Å². The molecule has 2 rings (SSSR count). The van der Waals surface area contributed by atoms with Crippen LogP contribution >= 0.6 is 0 Å². The third kappa shape index (κ3) is 3.82. The lowest BCUT2D eigenvalue weighted by Gasteiger charge is -2.08. The number of primary amides is 1. The van der Waals surface area contributed by atoms with E-state index < -0.39 is 23.5 Å². The number of hydrogen-bond acceptors (Lipinski definition) is 4. The summed E-state index contributed by atoms with van der Waals surface area (Å²) in [5, 5.41) is 4.71. The molecule has 0 saturated carbocycles. The van der Waals surface area contributed by atoms with Gasteiger partial charge in [-0.25, -0.2) is 4.39 Å². The third-order valence-corrected chi connectivity index (χ3v) is 2.74. The Morgan fingerprint density at radius 1 is 1.13 bits per heavy atom. The molecule has 1 aromatic carbocycles.